The number of rotatable bonds is 25. The first-order chi connectivity index (χ1) is 42.5. The topological polar surface area (TPSA) is 374 Å². The van der Waals surface area contributed by atoms with E-state index in [-0.39, 0.29) is 25.4 Å². The van der Waals surface area contributed by atoms with Gasteiger partial charge in [-0.25, -0.2) is 0 Å². The highest BCUT2D eigenvalue weighted by Crippen LogP contribution is 2.40. The van der Waals surface area contributed by atoms with Crippen LogP contribution in [-0.4, -0.2) is 242 Å². The van der Waals surface area contributed by atoms with Gasteiger partial charge in [0.1, 0.15) is 85.5 Å². The molecule has 0 radical (unpaired) electrons. The van der Waals surface area contributed by atoms with Crippen molar-refractivity contribution in [3.63, 3.8) is 0 Å². The molecule has 6 fully saturated rings. The Hall–Kier alpha value is -2.39. The summed E-state index contributed by atoms with van der Waals surface area (Å²) in [5.74, 6) is -2.33. The number of hydrogen-bond donors (Lipinski definition) is 10. The smallest absolute Gasteiger partial charge is 0.309 e. The molecule has 6 aliphatic heterocycles. The van der Waals surface area contributed by atoms with E-state index in [9.17, 15) is 65.4 Å². The van der Waals surface area contributed by atoms with E-state index < -0.39 is 191 Å². The normalized spacial score (nSPS) is 41.0. The Balaban J connectivity index is 1.30. The fourth-order valence-electron chi connectivity index (χ4n) is 12.3. The van der Waals surface area contributed by atoms with Gasteiger partial charge in [0.05, 0.1) is 43.5 Å². The zero-order chi connectivity index (χ0) is 65.1. The highest BCUT2D eigenvalue weighted by molar-refractivity contribution is 5.72. The molecule has 10 N–H and O–H groups in total. The van der Waals surface area contributed by atoms with Gasteiger partial charge < -0.3 is 113 Å². The Bertz CT molecular complexity index is 2040. The number of hydrogen-bond acceptors (Lipinski definition) is 26. The third kappa shape index (κ3) is 21.3. The molecular formula is C63H110O26. The summed E-state index contributed by atoms with van der Waals surface area (Å²) in [4.78, 5) is 41.1. The van der Waals surface area contributed by atoms with Gasteiger partial charge in [-0.2, -0.15) is 0 Å². The molecule has 518 valence electrons. The summed E-state index contributed by atoms with van der Waals surface area (Å²) in [7, 11) is 0. The number of fused-ring (bicyclic) bond motifs is 2. The number of carbonyl (C=O) groups excluding carboxylic acids is 3. The van der Waals surface area contributed by atoms with E-state index in [2.05, 4.69) is 20.8 Å². The van der Waals surface area contributed by atoms with E-state index >= 15 is 0 Å². The van der Waals surface area contributed by atoms with Crippen LogP contribution < -0.4 is 0 Å². The van der Waals surface area contributed by atoms with Gasteiger partial charge in [-0.1, -0.05) is 131 Å². The summed E-state index contributed by atoms with van der Waals surface area (Å²) in [5.41, 5.74) is 0. The van der Waals surface area contributed by atoms with Crippen LogP contribution >= 0.6 is 0 Å². The molecule has 6 saturated heterocycles. The summed E-state index contributed by atoms with van der Waals surface area (Å²) in [6.07, 6.45) is -24.8. The van der Waals surface area contributed by atoms with Gasteiger partial charge in [-0.15, -0.1) is 0 Å². The van der Waals surface area contributed by atoms with Crippen molar-refractivity contribution < 1.29 is 127 Å². The van der Waals surface area contributed by atoms with E-state index in [0.717, 1.165) is 89.9 Å². The Morgan fingerprint density at radius 3 is 1.74 bits per heavy atom. The van der Waals surface area contributed by atoms with Crippen molar-refractivity contribution in [3.05, 3.63) is 0 Å². The molecule has 0 amide bonds. The number of unbranched alkanes of at least 4 members (excludes halogenated alkanes) is 7. The monoisotopic (exact) mass is 1280 g/mol. The second kappa shape index (κ2) is 37.6. The van der Waals surface area contributed by atoms with Crippen molar-refractivity contribution in [2.45, 2.75) is 356 Å². The quantitative estimate of drug-likeness (QED) is 0.0356. The zero-order valence-corrected chi connectivity index (χ0v) is 53.6. The van der Waals surface area contributed by atoms with Crippen molar-refractivity contribution in [2.75, 3.05) is 13.2 Å². The first-order valence-corrected chi connectivity index (χ1v) is 33.3. The van der Waals surface area contributed by atoms with Gasteiger partial charge in [0, 0.05) is 12.8 Å². The maximum absolute atomic E-state index is 14.1. The van der Waals surface area contributed by atoms with Crippen LogP contribution in [0.4, 0.5) is 0 Å². The van der Waals surface area contributed by atoms with Crippen molar-refractivity contribution in [3.8, 4) is 0 Å². The number of esters is 3. The maximum Gasteiger partial charge on any atom is 0.309 e. The minimum atomic E-state index is -2.03. The highest BCUT2D eigenvalue weighted by atomic mass is 16.8. The maximum atomic E-state index is 14.1. The Labute approximate surface area is 524 Å². The molecule has 6 heterocycles. The fourth-order valence-corrected chi connectivity index (χ4v) is 12.3. The summed E-state index contributed by atoms with van der Waals surface area (Å²) in [5, 5.41) is 113. The molecule has 0 aromatic rings. The summed E-state index contributed by atoms with van der Waals surface area (Å²) in [6, 6.07) is 0. The molecule has 26 nitrogen and oxygen atoms in total. The second-order valence-electron chi connectivity index (χ2n) is 25.8. The SMILES string of the molecule is CCCCCC1CCCCCCCCCC(=O)O[C@H]2[C@H](O[C@H]3[C@H](O1)O[C@H](CO)[C@H](O)[C@@H]3O)O[C@@H](C)[C@H](O[C@@H]1O[C@@H](C)[C@H](O[C@@H]3O[C@@H](C)[C@H](OC(=O)CCCCCCCCC(C)C)[C@@H](O)[C@H]3O)[C@@H](O[C@@H]3O[C@H](CO)[C@@H](O)[C@H](O)[C@H]3O)[C@H]1OC(=O)[C@@H](C)CC)[C@H]2O. The molecule has 89 heavy (non-hydrogen) atoms. The second-order valence-corrected chi connectivity index (χ2v) is 25.8. The van der Waals surface area contributed by atoms with E-state index in [0.29, 0.717) is 38.0 Å². The first kappa shape index (κ1) is 75.6. The van der Waals surface area contributed by atoms with Gasteiger partial charge in [0.2, 0.25) is 0 Å². The summed E-state index contributed by atoms with van der Waals surface area (Å²) in [6.45, 7) is 12.7. The Kier molecular flexibility index (Phi) is 32.0. The van der Waals surface area contributed by atoms with Crippen LogP contribution in [0, 0.1) is 11.8 Å². The Morgan fingerprint density at radius 2 is 1.07 bits per heavy atom. The van der Waals surface area contributed by atoms with Crippen LogP contribution in [0.15, 0.2) is 0 Å². The van der Waals surface area contributed by atoms with E-state index in [4.69, 9.17) is 61.6 Å². The number of aliphatic hydroxyl groups excluding tert-OH is 10. The molecule has 0 aromatic heterocycles. The zero-order valence-electron chi connectivity index (χ0n) is 53.6. The van der Waals surface area contributed by atoms with Gasteiger partial charge >= 0.3 is 17.9 Å². The third-order valence-electron chi connectivity index (χ3n) is 18.2. The predicted molar refractivity (Wildman–Crippen MR) is 313 cm³/mol. The van der Waals surface area contributed by atoms with Gasteiger partial charge in [0.25, 0.3) is 0 Å². The van der Waals surface area contributed by atoms with E-state index in [1.807, 2.05) is 0 Å². The van der Waals surface area contributed by atoms with Gasteiger partial charge in [-0.3, -0.25) is 14.4 Å². The molecule has 0 bridgehead atoms. The van der Waals surface area contributed by atoms with Crippen molar-refractivity contribution in [1.29, 1.82) is 0 Å². The highest BCUT2D eigenvalue weighted by Gasteiger charge is 2.59. The predicted octanol–water partition coefficient (Wildman–Crippen LogP) is 3.13. The lowest BCUT2D eigenvalue weighted by molar-refractivity contribution is -0.400. The van der Waals surface area contributed by atoms with Crippen molar-refractivity contribution in [1.82, 2.24) is 0 Å². The molecular weight excluding hydrogens is 1170 g/mol. The van der Waals surface area contributed by atoms with Gasteiger partial charge in [0.15, 0.2) is 49.8 Å². The minimum absolute atomic E-state index is 0.0660. The summed E-state index contributed by atoms with van der Waals surface area (Å²) < 4.78 is 81.6. The van der Waals surface area contributed by atoms with Crippen LogP contribution in [-0.2, 0) is 76.0 Å². The standard InChI is InChI=1S/C63H110O26/c1-9-11-21-27-38-28-23-18-13-12-14-19-25-30-42(67)84-55-50(75)52(36(7)78-61(55)88-54-46(71)44(69)40(32-65)82-62(54)80-38)86-63-57(85-58(76)34(5)10-2)56(89-60-48(73)45(70)43(68)39(31-64)81-60)53(37(8)79-63)87-59-49(74)47(72)51(35(6)77-59)83-41(66)29-24-20-16-15-17-22-26-33(3)4/h33-40,43-57,59-65,68-75H,9-32H2,1-8H3/t34-,35-,36-,37-,38?,39+,40+,43+,44-,45-,46-,47-,48+,49+,50+,51-,52-,53-,54+,55+,56+,57+,59-,60-,61-,62+,63-/m0/s1. The van der Waals surface area contributed by atoms with Crippen LogP contribution in [0.1, 0.15) is 197 Å². The molecule has 0 aromatic carbocycles. The lowest BCUT2D eigenvalue weighted by atomic mass is 9.95. The summed E-state index contributed by atoms with van der Waals surface area (Å²) >= 11 is 0. The number of aliphatic hydroxyl groups is 10. The molecule has 0 spiro atoms. The first-order valence-electron chi connectivity index (χ1n) is 33.3. The van der Waals surface area contributed by atoms with Crippen LogP contribution in [0.25, 0.3) is 0 Å². The van der Waals surface area contributed by atoms with Crippen molar-refractivity contribution in [2.24, 2.45) is 11.8 Å². The van der Waals surface area contributed by atoms with Crippen molar-refractivity contribution >= 4 is 17.9 Å². The van der Waals surface area contributed by atoms with Crippen LogP contribution in [0.2, 0.25) is 0 Å². The Morgan fingerprint density at radius 1 is 0.506 bits per heavy atom. The molecule has 0 saturated carbocycles. The molecule has 26 heteroatoms. The number of ether oxygens (including phenoxy) is 13. The average Bonchev–Trinajstić information content (AvgIpc) is 1.06. The lowest BCUT2D eigenvalue weighted by Gasteiger charge is -2.51. The molecule has 27 atom stereocenters. The third-order valence-corrected chi connectivity index (χ3v) is 18.2. The van der Waals surface area contributed by atoms with Gasteiger partial charge in [-0.05, 0) is 58.8 Å². The van der Waals surface area contributed by atoms with Crippen LogP contribution in [0.3, 0.4) is 0 Å². The molecule has 1 unspecified atom stereocenters. The molecule has 0 aliphatic carbocycles. The molecule has 6 aliphatic rings. The van der Waals surface area contributed by atoms with E-state index in [1.165, 1.54) is 20.8 Å². The van der Waals surface area contributed by atoms with Crippen LogP contribution in [0.5, 0.6) is 0 Å². The average molecular weight is 1280 g/mol. The largest absolute Gasteiger partial charge is 0.457 e. The number of carbonyl (C=O) groups is 3. The molecule has 6 rings (SSSR count). The van der Waals surface area contributed by atoms with E-state index in [1.54, 1.807) is 13.8 Å². The lowest BCUT2D eigenvalue weighted by Crippen LogP contribution is -2.68. The minimum Gasteiger partial charge on any atom is -0.457 e. The fraction of sp³-hybridized carbons (Fsp3) is 0.952.